The van der Waals surface area contributed by atoms with Crippen LogP contribution in [0.25, 0.3) is 0 Å². The summed E-state index contributed by atoms with van der Waals surface area (Å²) in [5, 5.41) is 8.59. The van der Waals surface area contributed by atoms with Gasteiger partial charge in [0, 0.05) is 6.54 Å². The van der Waals surface area contributed by atoms with Crippen LogP contribution in [-0.4, -0.2) is 29.6 Å². The van der Waals surface area contributed by atoms with E-state index in [1.165, 1.54) is 18.2 Å². The summed E-state index contributed by atoms with van der Waals surface area (Å²) in [6.07, 6.45) is -0.482. The van der Waals surface area contributed by atoms with Gasteiger partial charge in [0.25, 0.3) is 0 Å². The minimum absolute atomic E-state index is 0.103. The van der Waals surface area contributed by atoms with Crippen LogP contribution in [-0.2, 0) is 9.59 Å². The second kappa shape index (κ2) is 6.11. The van der Waals surface area contributed by atoms with Crippen molar-refractivity contribution in [1.29, 1.82) is 0 Å². The van der Waals surface area contributed by atoms with E-state index < -0.39 is 30.2 Å². The van der Waals surface area contributed by atoms with Crippen molar-refractivity contribution in [2.45, 2.75) is 19.4 Å². The predicted octanol–water partition coefficient (Wildman–Crippen LogP) is 0.981. The zero-order valence-corrected chi connectivity index (χ0v) is 9.97. The molecule has 0 aliphatic carbocycles. The molecule has 18 heavy (non-hydrogen) atoms. The van der Waals surface area contributed by atoms with Gasteiger partial charge in [-0.2, -0.15) is 0 Å². The molecule has 0 bridgehead atoms. The molecule has 6 heteroatoms. The van der Waals surface area contributed by atoms with Crippen LogP contribution >= 0.6 is 0 Å². The number of carbonyl (C=O) groups is 2. The summed E-state index contributed by atoms with van der Waals surface area (Å²) in [5.41, 5.74) is 5.59. The molecule has 0 fully saturated rings. The normalized spacial score (nSPS) is 11.9. The molecular formula is C12H15FN2O3. The number of anilines is 1. The average Bonchev–Trinajstić information content (AvgIpc) is 2.31. The molecule has 0 radical (unpaired) electrons. The van der Waals surface area contributed by atoms with Crippen LogP contribution in [0, 0.1) is 5.82 Å². The summed E-state index contributed by atoms with van der Waals surface area (Å²) in [4.78, 5) is 23.6. The average molecular weight is 254 g/mol. The van der Waals surface area contributed by atoms with Gasteiger partial charge in [-0.15, -0.1) is 0 Å². The van der Waals surface area contributed by atoms with Crippen LogP contribution in [0.3, 0.4) is 0 Å². The van der Waals surface area contributed by atoms with Gasteiger partial charge in [-0.3, -0.25) is 9.59 Å². The lowest BCUT2D eigenvalue weighted by Crippen LogP contribution is -2.45. The zero-order valence-electron chi connectivity index (χ0n) is 9.97. The van der Waals surface area contributed by atoms with Gasteiger partial charge in [-0.25, -0.2) is 4.39 Å². The van der Waals surface area contributed by atoms with Gasteiger partial charge in [0.15, 0.2) is 0 Å². The molecule has 0 saturated heterocycles. The van der Waals surface area contributed by atoms with Gasteiger partial charge in [0.05, 0.1) is 18.2 Å². The van der Waals surface area contributed by atoms with E-state index in [0.717, 1.165) is 4.90 Å². The van der Waals surface area contributed by atoms with Crippen molar-refractivity contribution in [3.8, 4) is 0 Å². The molecule has 0 aliphatic rings. The number of nitrogens with two attached hydrogens (primary N) is 1. The predicted molar refractivity (Wildman–Crippen MR) is 64.7 cm³/mol. The lowest BCUT2D eigenvalue weighted by molar-refractivity contribution is -0.139. The van der Waals surface area contributed by atoms with E-state index in [-0.39, 0.29) is 12.2 Å². The van der Waals surface area contributed by atoms with E-state index >= 15 is 0 Å². The highest BCUT2D eigenvalue weighted by Gasteiger charge is 2.24. The maximum absolute atomic E-state index is 13.6. The Morgan fingerprint density at radius 3 is 2.56 bits per heavy atom. The van der Waals surface area contributed by atoms with Crippen LogP contribution in [0.5, 0.6) is 0 Å². The Morgan fingerprint density at radius 1 is 1.44 bits per heavy atom. The van der Waals surface area contributed by atoms with Crippen LogP contribution in [0.1, 0.15) is 13.3 Å². The van der Waals surface area contributed by atoms with E-state index in [1.54, 1.807) is 13.0 Å². The third-order valence-corrected chi connectivity index (χ3v) is 2.44. The number of benzene rings is 1. The Labute approximate surface area is 104 Å². The molecule has 1 aromatic carbocycles. The summed E-state index contributed by atoms with van der Waals surface area (Å²) in [7, 11) is 0. The van der Waals surface area contributed by atoms with Crippen molar-refractivity contribution in [3.05, 3.63) is 30.1 Å². The Hall–Kier alpha value is -1.95. The number of rotatable bonds is 5. The van der Waals surface area contributed by atoms with Crippen LogP contribution < -0.4 is 10.6 Å². The topological polar surface area (TPSA) is 83.6 Å². The minimum atomic E-state index is -1.18. The van der Waals surface area contributed by atoms with E-state index in [4.69, 9.17) is 10.8 Å². The summed E-state index contributed by atoms with van der Waals surface area (Å²) in [6, 6.07) is 4.60. The Morgan fingerprint density at radius 2 is 2.06 bits per heavy atom. The smallest absolute Gasteiger partial charge is 0.305 e. The van der Waals surface area contributed by atoms with Crippen molar-refractivity contribution in [1.82, 2.24) is 0 Å². The molecule has 1 aromatic rings. The second-order valence-electron chi connectivity index (χ2n) is 3.74. The molecule has 1 unspecified atom stereocenters. The number of nitrogens with zero attached hydrogens (tertiary/aromatic N) is 1. The van der Waals surface area contributed by atoms with Gasteiger partial charge in [-0.05, 0) is 19.1 Å². The summed E-state index contributed by atoms with van der Waals surface area (Å²) >= 11 is 0. The summed E-state index contributed by atoms with van der Waals surface area (Å²) in [6.45, 7) is 1.88. The minimum Gasteiger partial charge on any atom is -0.481 e. The molecule has 5 nitrogen and oxygen atoms in total. The van der Waals surface area contributed by atoms with Gasteiger partial charge in [-0.1, -0.05) is 12.1 Å². The highest BCUT2D eigenvalue weighted by molar-refractivity contribution is 5.98. The lowest BCUT2D eigenvalue weighted by Gasteiger charge is -2.24. The van der Waals surface area contributed by atoms with Gasteiger partial charge in [0.1, 0.15) is 5.82 Å². The van der Waals surface area contributed by atoms with Gasteiger partial charge < -0.3 is 15.7 Å². The van der Waals surface area contributed by atoms with Gasteiger partial charge in [0.2, 0.25) is 5.91 Å². The fraction of sp³-hybridized carbons (Fsp3) is 0.333. The second-order valence-corrected chi connectivity index (χ2v) is 3.74. The number of aliphatic carboxylic acids is 1. The molecule has 0 spiro atoms. The number of halogens is 1. The maximum atomic E-state index is 13.6. The van der Waals surface area contributed by atoms with E-state index in [1.807, 2.05) is 0 Å². The fourth-order valence-electron chi connectivity index (χ4n) is 1.59. The SMILES string of the molecule is CCN(C(=O)C(N)CC(=O)O)c1ccccc1F. The molecular weight excluding hydrogens is 239 g/mol. The molecule has 0 heterocycles. The number of hydrogen-bond acceptors (Lipinski definition) is 3. The first-order valence-corrected chi connectivity index (χ1v) is 5.50. The van der Waals surface area contributed by atoms with Gasteiger partial charge >= 0.3 is 5.97 Å². The maximum Gasteiger partial charge on any atom is 0.305 e. The van der Waals surface area contributed by atoms with E-state index in [2.05, 4.69) is 0 Å². The number of amides is 1. The first kappa shape index (κ1) is 14.1. The molecule has 1 atom stereocenters. The fourth-order valence-corrected chi connectivity index (χ4v) is 1.59. The third-order valence-electron chi connectivity index (χ3n) is 2.44. The molecule has 0 aliphatic heterocycles. The number of carboxylic acids is 1. The zero-order chi connectivity index (χ0) is 13.7. The van der Waals surface area contributed by atoms with Crippen LogP contribution in [0.15, 0.2) is 24.3 Å². The largest absolute Gasteiger partial charge is 0.481 e. The number of likely N-dealkylation sites (N-methyl/N-ethyl adjacent to an activating group) is 1. The summed E-state index contributed by atoms with van der Waals surface area (Å²) in [5.74, 6) is -2.32. The highest BCUT2D eigenvalue weighted by atomic mass is 19.1. The van der Waals surface area contributed by atoms with Crippen molar-refractivity contribution < 1.29 is 19.1 Å². The lowest BCUT2D eigenvalue weighted by atomic mass is 10.1. The monoisotopic (exact) mass is 254 g/mol. The first-order valence-electron chi connectivity index (χ1n) is 5.50. The van der Waals surface area contributed by atoms with Crippen LogP contribution in [0.2, 0.25) is 0 Å². The molecule has 3 N–H and O–H groups in total. The quantitative estimate of drug-likeness (QED) is 0.820. The van der Waals surface area contributed by atoms with Crippen molar-refractivity contribution >= 4 is 17.6 Å². The molecule has 0 aromatic heterocycles. The molecule has 0 saturated carbocycles. The van der Waals surface area contributed by atoms with Crippen molar-refractivity contribution in [3.63, 3.8) is 0 Å². The molecule has 98 valence electrons. The number of para-hydroxylation sites is 1. The van der Waals surface area contributed by atoms with E-state index in [0.29, 0.717) is 0 Å². The third kappa shape index (κ3) is 3.27. The molecule has 1 amide bonds. The molecule has 1 rings (SSSR count). The number of carbonyl (C=O) groups excluding carboxylic acids is 1. The van der Waals surface area contributed by atoms with Crippen LogP contribution in [0.4, 0.5) is 10.1 Å². The number of carboxylic acid groups (broad SMARTS) is 1. The Kier molecular flexibility index (Phi) is 4.79. The summed E-state index contributed by atoms with van der Waals surface area (Å²) < 4.78 is 13.6. The Bertz CT molecular complexity index is 451. The Balaban J connectivity index is 2.93. The standard InChI is InChI=1S/C12H15FN2O3/c1-2-15(10-6-4-3-5-8(10)13)12(18)9(14)7-11(16)17/h3-6,9H,2,7,14H2,1H3,(H,16,17). The first-order chi connectivity index (χ1) is 8.47. The number of hydrogen-bond donors (Lipinski definition) is 2. The van der Waals surface area contributed by atoms with Crippen molar-refractivity contribution in [2.24, 2.45) is 5.73 Å². The highest BCUT2D eigenvalue weighted by Crippen LogP contribution is 2.19. The van der Waals surface area contributed by atoms with E-state index in [9.17, 15) is 14.0 Å². The van der Waals surface area contributed by atoms with Crippen molar-refractivity contribution in [2.75, 3.05) is 11.4 Å².